The van der Waals surface area contributed by atoms with E-state index in [4.69, 9.17) is 11.6 Å². The summed E-state index contributed by atoms with van der Waals surface area (Å²) in [7, 11) is -4.17. The summed E-state index contributed by atoms with van der Waals surface area (Å²) in [5, 5.41) is 3.63. The van der Waals surface area contributed by atoms with Crippen LogP contribution in [0.3, 0.4) is 0 Å². The zero-order valence-electron chi connectivity index (χ0n) is 25.1. The van der Waals surface area contributed by atoms with Gasteiger partial charge in [0, 0.05) is 24.0 Å². The molecule has 0 aliphatic heterocycles. The minimum absolute atomic E-state index is 0.00837. The minimum atomic E-state index is -4.17. The Morgan fingerprint density at radius 2 is 1.31 bits per heavy atom. The number of rotatable bonds is 12. The van der Waals surface area contributed by atoms with Gasteiger partial charge in [-0.25, -0.2) is 8.42 Å². The smallest absolute Gasteiger partial charge is 0.264 e. The summed E-state index contributed by atoms with van der Waals surface area (Å²) in [6.45, 7) is -0.358. The number of halogens is 1. The van der Waals surface area contributed by atoms with Gasteiger partial charge in [-0.3, -0.25) is 13.9 Å². The van der Waals surface area contributed by atoms with E-state index in [1.54, 1.807) is 30.3 Å². The number of sulfonamides is 1. The van der Waals surface area contributed by atoms with Crippen LogP contribution in [0.2, 0.25) is 5.02 Å². The van der Waals surface area contributed by atoms with Crippen LogP contribution in [0, 0.1) is 0 Å². The van der Waals surface area contributed by atoms with Crippen molar-refractivity contribution in [1.29, 1.82) is 0 Å². The maximum absolute atomic E-state index is 14.5. The van der Waals surface area contributed by atoms with E-state index in [1.165, 1.54) is 29.2 Å². The van der Waals surface area contributed by atoms with Crippen LogP contribution in [0.25, 0.3) is 0 Å². The minimum Gasteiger partial charge on any atom is -0.352 e. The largest absolute Gasteiger partial charge is 0.352 e. The Bertz CT molecular complexity index is 1650. The fraction of sp³-hybridized carbons (Fsp3) is 0.278. The van der Waals surface area contributed by atoms with E-state index in [9.17, 15) is 18.0 Å². The maximum Gasteiger partial charge on any atom is 0.264 e. The lowest BCUT2D eigenvalue weighted by Crippen LogP contribution is -2.55. The van der Waals surface area contributed by atoms with Crippen molar-refractivity contribution in [3.63, 3.8) is 0 Å². The van der Waals surface area contributed by atoms with Gasteiger partial charge in [-0.2, -0.15) is 0 Å². The molecule has 1 aliphatic rings. The van der Waals surface area contributed by atoms with E-state index in [2.05, 4.69) is 5.32 Å². The number of hydrogen-bond acceptors (Lipinski definition) is 4. The summed E-state index contributed by atoms with van der Waals surface area (Å²) in [4.78, 5) is 30.2. The Hall–Kier alpha value is -4.14. The van der Waals surface area contributed by atoms with E-state index in [1.807, 2.05) is 60.7 Å². The van der Waals surface area contributed by atoms with Crippen molar-refractivity contribution in [3.8, 4) is 0 Å². The predicted molar refractivity (Wildman–Crippen MR) is 178 cm³/mol. The van der Waals surface area contributed by atoms with Gasteiger partial charge in [0.15, 0.2) is 0 Å². The van der Waals surface area contributed by atoms with E-state index in [-0.39, 0.29) is 29.8 Å². The number of nitrogens with one attached hydrogen (secondary N) is 1. The highest BCUT2D eigenvalue weighted by Gasteiger charge is 2.35. The summed E-state index contributed by atoms with van der Waals surface area (Å²) < 4.78 is 29.2. The molecule has 4 aromatic rings. The van der Waals surface area contributed by atoms with Crippen LogP contribution in [-0.4, -0.2) is 43.8 Å². The third-order valence-corrected chi connectivity index (χ3v) is 10.2. The van der Waals surface area contributed by atoms with Gasteiger partial charge < -0.3 is 10.2 Å². The molecule has 45 heavy (non-hydrogen) atoms. The van der Waals surface area contributed by atoms with Crippen LogP contribution in [-0.2, 0) is 32.6 Å². The second-order valence-electron chi connectivity index (χ2n) is 11.4. The molecule has 0 unspecified atom stereocenters. The first-order valence-corrected chi connectivity index (χ1v) is 17.1. The van der Waals surface area contributed by atoms with Crippen LogP contribution in [0.1, 0.15) is 43.2 Å². The summed E-state index contributed by atoms with van der Waals surface area (Å²) in [5.74, 6) is -0.721. The van der Waals surface area contributed by atoms with E-state index in [0.717, 1.165) is 47.5 Å². The van der Waals surface area contributed by atoms with Crippen molar-refractivity contribution in [2.45, 2.75) is 62.0 Å². The van der Waals surface area contributed by atoms with Crippen molar-refractivity contribution >= 4 is 39.1 Å². The second-order valence-corrected chi connectivity index (χ2v) is 13.7. The molecule has 9 heteroatoms. The van der Waals surface area contributed by atoms with Crippen molar-refractivity contribution < 1.29 is 18.0 Å². The molecule has 0 saturated heterocycles. The first kappa shape index (κ1) is 32.3. The highest BCUT2D eigenvalue weighted by atomic mass is 35.5. The van der Waals surface area contributed by atoms with Crippen LogP contribution in [0.4, 0.5) is 5.69 Å². The van der Waals surface area contributed by atoms with Gasteiger partial charge in [-0.05, 0) is 60.4 Å². The molecule has 1 fully saturated rings. The third-order valence-electron chi connectivity index (χ3n) is 8.14. The highest BCUT2D eigenvalue weighted by Crippen LogP contribution is 2.26. The van der Waals surface area contributed by atoms with E-state index in [0.29, 0.717) is 10.7 Å². The Kier molecular flexibility index (Phi) is 10.9. The lowest BCUT2D eigenvalue weighted by Gasteiger charge is -2.35. The van der Waals surface area contributed by atoms with Gasteiger partial charge >= 0.3 is 0 Å². The Labute approximate surface area is 270 Å². The molecule has 0 bridgehead atoms. The fourth-order valence-electron chi connectivity index (χ4n) is 5.74. The molecule has 2 amide bonds. The zero-order valence-corrected chi connectivity index (χ0v) is 26.7. The molecule has 1 atom stereocenters. The van der Waals surface area contributed by atoms with Gasteiger partial charge in [0.25, 0.3) is 10.0 Å². The number of para-hydroxylation sites is 1. The molecule has 234 valence electrons. The van der Waals surface area contributed by atoms with Crippen LogP contribution < -0.4 is 9.62 Å². The maximum atomic E-state index is 14.5. The normalized spacial score (nSPS) is 14.3. The summed E-state index contributed by atoms with van der Waals surface area (Å²) in [5.41, 5.74) is 2.08. The number of hydrogen-bond donors (Lipinski definition) is 1. The number of anilines is 1. The van der Waals surface area contributed by atoms with Gasteiger partial charge in [-0.1, -0.05) is 110 Å². The molecule has 0 radical (unpaired) electrons. The lowest BCUT2D eigenvalue weighted by molar-refractivity contribution is -0.140. The Balaban J connectivity index is 1.53. The first-order chi connectivity index (χ1) is 21.8. The number of carbonyl (C=O) groups excluding carboxylic acids is 2. The molecule has 1 aliphatic carbocycles. The van der Waals surface area contributed by atoms with Crippen LogP contribution in [0.5, 0.6) is 0 Å². The number of benzene rings is 4. The van der Waals surface area contributed by atoms with Gasteiger partial charge in [0.05, 0.1) is 10.6 Å². The van der Waals surface area contributed by atoms with Crippen LogP contribution >= 0.6 is 11.6 Å². The van der Waals surface area contributed by atoms with Crippen molar-refractivity contribution in [1.82, 2.24) is 10.2 Å². The molecule has 0 heterocycles. The van der Waals surface area contributed by atoms with Gasteiger partial charge in [-0.15, -0.1) is 0 Å². The van der Waals surface area contributed by atoms with Crippen molar-refractivity contribution in [2.24, 2.45) is 0 Å². The van der Waals surface area contributed by atoms with Crippen LogP contribution in [0.15, 0.2) is 120 Å². The molecule has 0 spiro atoms. The van der Waals surface area contributed by atoms with Gasteiger partial charge in [0.1, 0.15) is 12.6 Å². The average Bonchev–Trinajstić information content (AvgIpc) is 3.07. The predicted octanol–water partition coefficient (Wildman–Crippen LogP) is 6.62. The standard InChI is InChI=1S/C36H38ClN3O4S/c37-30-21-23-33(24-22-30)45(43,44)40(32-19-11-4-12-20-32)27-35(41)39(26-29-15-7-2-8-16-29)34(25-28-13-5-1-6-14-28)36(42)38-31-17-9-3-10-18-31/h1-2,4-8,11-16,19-24,31,34H,3,9-10,17-18,25-27H2,(H,38,42)/t34-/m0/s1. The number of carbonyl (C=O) groups is 2. The molecule has 0 aromatic heterocycles. The zero-order chi connectivity index (χ0) is 31.6. The number of nitrogens with zero attached hydrogens (tertiary/aromatic N) is 2. The quantitative estimate of drug-likeness (QED) is 0.188. The summed E-state index contributed by atoms with van der Waals surface area (Å²) in [6, 6.07) is 32.6. The van der Waals surface area contributed by atoms with E-state index < -0.39 is 28.5 Å². The van der Waals surface area contributed by atoms with E-state index >= 15 is 0 Å². The monoisotopic (exact) mass is 643 g/mol. The first-order valence-electron chi connectivity index (χ1n) is 15.3. The molecule has 1 N–H and O–H groups in total. The number of amides is 2. The van der Waals surface area contributed by atoms with Gasteiger partial charge in [0.2, 0.25) is 11.8 Å². The second kappa shape index (κ2) is 15.2. The molecule has 4 aromatic carbocycles. The molecular formula is C36H38ClN3O4S. The summed E-state index contributed by atoms with van der Waals surface area (Å²) >= 11 is 6.05. The van der Waals surface area contributed by atoms with Crippen molar-refractivity contribution in [2.75, 3.05) is 10.8 Å². The summed E-state index contributed by atoms with van der Waals surface area (Å²) in [6.07, 6.45) is 5.34. The molecule has 5 rings (SSSR count). The lowest BCUT2D eigenvalue weighted by atomic mass is 9.94. The highest BCUT2D eigenvalue weighted by molar-refractivity contribution is 7.92. The molecule has 7 nitrogen and oxygen atoms in total. The topological polar surface area (TPSA) is 86.8 Å². The average molecular weight is 644 g/mol. The van der Waals surface area contributed by atoms with Crippen molar-refractivity contribution in [3.05, 3.63) is 131 Å². The SMILES string of the molecule is O=C(NC1CCCCC1)[C@H](Cc1ccccc1)N(Cc1ccccc1)C(=O)CN(c1ccccc1)S(=O)(=O)c1ccc(Cl)cc1. The Morgan fingerprint density at radius 3 is 1.91 bits per heavy atom. The Morgan fingerprint density at radius 1 is 0.756 bits per heavy atom. The molecular weight excluding hydrogens is 606 g/mol. The third kappa shape index (κ3) is 8.53. The fourth-order valence-corrected chi connectivity index (χ4v) is 7.28. The molecule has 1 saturated carbocycles.